The van der Waals surface area contributed by atoms with Crippen LogP contribution in [0.4, 0.5) is 10.1 Å². The van der Waals surface area contributed by atoms with Crippen molar-refractivity contribution in [1.82, 2.24) is 20.2 Å². The molecule has 0 aliphatic heterocycles. The third-order valence-corrected chi connectivity index (χ3v) is 4.05. The highest BCUT2D eigenvalue weighted by molar-refractivity contribution is 7.98. The number of thioether (sulfide) groups is 1. The van der Waals surface area contributed by atoms with Gasteiger partial charge in [0.15, 0.2) is 0 Å². The van der Waals surface area contributed by atoms with Crippen LogP contribution in [0.25, 0.3) is 5.69 Å². The summed E-state index contributed by atoms with van der Waals surface area (Å²) in [6.45, 7) is 1.67. The zero-order valence-electron chi connectivity index (χ0n) is 13.0. The van der Waals surface area contributed by atoms with Crippen LogP contribution in [0, 0.1) is 12.7 Å². The van der Waals surface area contributed by atoms with Gasteiger partial charge in [0.2, 0.25) is 5.16 Å². The molecule has 0 saturated heterocycles. The number of aromatic nitrogens is 4. The summed E-state index contributed by atoms with van der Waals surface area (Å²) in [6.07, 6.45) is 1.88. The van der Waals surface area contributed by atoms with Gasteiger partial charge < -0.3 is 5.32 Å². The molecule has 1 aromatic heterocycles. The summed E-state index contributed by atoms with van der Waals surface area (Å²) in [6, 6.07) is 11.4. The maximum Gasteiger partial charge on any atom is 0.255 e. The second kappa shape index (κ2) is 6.79. The van der Waals surface area contributed by atoms with Crippen LogP contribution in [0.1, 0.15) is 15.9 Å². The van der Waals surface area contributed by atoms with E-state index in [9.17, 15) is 9.18 Å². The molecule has 24 heavy (non-hydrogen) atoms. The first-order valence-electron chi connectivity index (χ1n) is 7.09. The maximum atomic E-state index is 13.5. The zero-order valence-corrected chi connectivity index (χ0v) is 13.8. The summed E-state index contributed by atoms with van der Waals surface area (Å²) in [5.41, 5.74) is 2.15. The third kappa shape index (κ3) is 3.28. The van der Waals surface area contributed by atoms with E-state index in [0.29, 0.717) is 22.0 Å². The van der Waals surface area contributed by atoms with Gasteiger partial charge in [-0.3, -0.25) is 4.79 Å². The van der Waals surface area contributed by atoms with E-state index in [-0.39, 0.29) is 11.7 Å². The van der Waals surface area contributed by atoms with Crippen LogP contribution in [0.3, 0.4) is 0 Å². The fourth-order valence-electron chi connectivity index (χ4n) is 2.10. The van der Waals surface area contributed by atoms with E-state index in [0.717, 1.165) is 5.69 Å². The van der Waals surface area contributed by atoms with Crippen molar-refractivity contribution in [2.45, 2.75) is 12.1 Å². The van der Waals surface area contributed by atoms with Gasteiger partial charge in [-0.2, -0.15) is 4.68 Å². The summed E-state index contributed by atoms with van der Waals surface area (Å²) < 4.78 is 15.1. The quantitative estimate of drug-likeness (QED) is 0.737. The number of tetrazole rings is 1. The second-order valence-corrected chi connectivity index (χ2v) is 5.82. The second-order valence-electron chi connectivity index (χ2n) is 5.04. The number of aryl methyl sites for hydroxylation is 1. The van der Waals surface area contributed by atoms with Crippen molar-refractivity contribution in [3.63, 3.8) is 0 Å². The van der Waals surface area contributed by atoms with E-state index >= 15 is 0 Å². The highest BCUT2D eigenvalue weighted by Crippen LogP contribution is 2.17. The number of amides is 1. The molecule has 0 aliphatic carbocycles. The van der Waals surface area contributed by atoms with Gasteiger partial charge in [-0.25, -0.2) is 4.39 Å². The molecule has 1 N–H and O–H groups in total. The SMILES string of the molecule is CSc1nnnn1-c1ccc(C(=O)Nc2ccc(C)c(F)c2)cc1. The van der Waals surface area contributed by atoms with Crippen molar-refractivity contribution >= 4 is 23.4 Å². The number of benzene rings is 2. The highest BCUT2D eigenvalue weighted by Gasteiger charge is 2.10. The smallest absolute Gasteiger partial charge is 0.255 e. The Bertz CT molecular complexity index is 878. The van der Waals surface area contributed by atoms with E-state index in [2.05, 4.69) is 20.8 Å². The lowest BCUT2D eigenvalue weighted by atomic mass is 10.1. The molecular formula is C16H14FN5OS. The van der Waals surface area contributed by atoms with Gasteiger partial charge in [0.1, 0.15) is 5.82 Å². The minimum atomic E-state index is -0.355. The Labute approximate surface area is 142 Å². The Balaban J connectivity index is 1.77. The van der Waals surface area contributed by atoms with Crippen molar-refractivity contribution in [2.75, 3.05) is 11.6 Å². The Hall–Kier alpha value is -2.74. The van der Waals surface area contributed by atoms with Gasteiger partial charge in [-0.15, -0.1) is 5.10 Å². The zero-order chi connectivity index (χ0) is 17.1. The number of carbonyl (C=O) groups excluding carboxylic acids is 1. The number of rotatable bonds is 4. The molecule has 0 spiro atoms. The third-order valence-electron chi connectivity index (χ3n) is 3.43. The van der Waals surface area contributed by atoms with E-state index in [1.54, 1.807) is 48.0 Å². The number of carbonyl (C=O) groups is 1. The summed E-state index contributed by atoms with van der Waals surface area (Å²) in [5.74, 6) is -0.668. The molecule has 0 saturated carbocycles. The van der Waals surface area contributed by atoms with E-state index < -0.39 is 0 Å². The van der Waals surface area contributed by atoms with Gasteiger partial charge in [0.25, 0.3) is 5.91 Å². The number of hydrogen-bond acceptors (Lipinski definition) is 5. The number of halogens is 1. The van der Waals surface area contributed by atoms with Crippen molar-refractivity contribution in [1.29, 1.82) is 0 Å². The molecule has 122 valence electrons. The average Bonchev–Trinajstić information content (AvgIpc) is 3.07. The molecule has 6 nitrogen and oxygen atoms in total. The van der Waals surface area contributed by atoms with Crippen LogP contribution in [-0.4, -0.2) is 32.4 Å². The molecule has 0 unspecified atom stereocenters. The number of anilines is 1. The Morgan fingerprint density at radius 1 is 1.21 bits per heavy atom. The Morgan fingerprint density at radius 2 is 1.96 bits per heavy atom. The van der Waals surface area contributed by atoms with Gasteiger partial charge in [-0.1, -0.05) is 17.8 Å². The molecule has 1 heterocycles. The predicted octanol–water partition coefficient (Wildman–Crippen LogP) is 3.08. The molecule has 0 aliphatic rings. The van der Waals surface area contributed by atoms with Crippen LogP contribution in [0.2, 0.25) is 0 Å². The van der Waals surface area contributed by atoms with Gasteiger partial charge in [-0.05, 0) is 65.6 Å². The standard InChI is InChI=1S/C16H14FN5OS/c1-10-3-6-12(9-14(10)17)18-15(23)11-4-7-13(8-5-11)22-16(24-2)19-20-21-22/h3-9H,1-2H3,(H,18,23). The normalized spacial score (nSPS) is 10.6. The molecule has 8 heteroatoms. The molecule has 0 bridgehead atoms. The topological polar surface area (TPSA) is 72.7 Å². The number of nitrogens with one attached hydrogen (secondary N) is 1. The minimum Gasteiger partial charge on any atom is -0.322 e. The number of nitrogens with zero attached hydrogens (tertiary/aromatic N) is 4. The van der Waals surface area contributed by atoms with Crippen LogP contribution in [-0.2, 0) is 0 Å². The predicted molar refractivity (Wildman–Crippen MR) is 90.0 cm³/mol. The van der Waals surface area contributed by atoms with Crippen molar-refractivity contribution < 1.29 is 9.18 Å². The van der Waals surface area contributed by atoms with Gasteiger partial charge in [0, 0.05) is 11.3 Å². The van der Waals surface area contributed by atoms with Crippen LogP contribution >= 0.6 is 11.8 Å². The van der Waals surface area contributed by atoms with Crippen molar-refractivity contribution in [3.8, 4) is 5.69 Å². The van der Waals surface area contributed by atoms with Gasteiger partial charge in [0.05, 0.1) is 5.69 Å². The van der Waals surface area contributed by atoms with E-state index in [4.69, 9.17) is 0 Å². The molecule has 3 aromatic rings. The fourth-order valence-corrected chi connectivity index (χ4v) is 2.53. The minimum absolute atomic E-state index is 0.313. The molecule has 0 fully saturated rings. The summed E-state index contributed by atoms with van der Waals surface area (Å²) in [4.78, 5) is 12.2. The van der Waals surface area contributed by atoms with E-state index in [1.807, 2.05) is 6.26 Å². The molecule has 3 rings (SSSR count). The number of hydrogen-bond donors (Lipinski definition) is 1. The Morgan fingerprint density at radius 3 is 2.62 bits per heavy atom. The lowest BCUT2D eigenvalue weighted by Crippen LogP contribution is -2.12. The van der Waals surface area contributed by atoms with Crippen LogP contribution in [0.15, 0.2) is 47.6 Å². The summed E-state index contributed by atoms with van der Waals surface area (Å²) >= 11 is 1.42. The summed E-state index contributed by atoms with van der Waals surface area (Å²) in [7, 11) is 0. The largest absolute Gasteiger partial charge is 0.322 e. The van der Waals surface area contributed by atoms with E-state index in [1.165, 1.54) is 17.8 Å². The monoisotopic (exact) mass is 343 g/mol. The summed E-state index contributed by atoms with van der Waals surface area (Å²) in [5, 5.41) is 14.8. The lowest BCUT2D eigenvalue weighted by Gasteiger charge is -2.07. The first-order valence-corrected chi connectivity index (χ1v) is 8.31. The first kappa shape index (κ1) is 16.1. The fraction of sp³-hybridized carbons (Fsp3) is 0.125. The molecule has 1 amide bonds. The van der Waals surface area contributed by atoms with Crippen LogP contribution in [0.5, 0.6) is 0 Å². The molecule has 0 atom stereocenters. The molecule has 0 radical (unpaired) electrons. The first-order chi connectivity index (χ1) is 11.6. The Kier molecular flexibility index (Phi) is 4.57. The van der Waals surface area contributed by atoms with Crippen LogP contribution < -0.4 is 5.32 Å². The maximum absolute atomic E-state index is 13.5. The average molecular weight is 343 g/mol. The molecular weight excluding hydrogens is 329 g/mol. The molecule has 2 aromatic carbocycles. The van der Waals surface area contributed by atoms with Crippen molar-refractivity contribution in [3.05, 3.63) is 59.4 Å². The van der Waals surface area contributed by atoms with Crippen molar-refractivity contribution in [2.24, 2.45) is 0 Å². The lowest BCUT2D eigenvalue weighted by molar-refractivity contribution is 0.102. The highest BCUT2D eigenvalue weighted by atomic mass is 32.2. The van der Waals surface area contributed by atoms with Gasteiger partial charge >= 0.3 is 0 Å².